The highest BCUT2D eigenvalue weighted by Crippen LogP contribution is 2.41. The van der Waals surface area contributed by atoms with E-state index in [2.05, 4.69) is 5.32 Å². The minimum atomic E-state index is -4.65. The molecule has 0 bridgehead atoms. The summed E-state index contributed by atoms with van der Waals surface area (Å²) in [5.74, 6) is -5.38. The second-order valence-corrected chi connectivity index (χ2v) is 6.95. The Balaban J connectivity index is 2.18. The van der Waals surface area contributed by atoms with Crippen molar-refractivity contribution in [2.45, 2.75) is 23.7 Å². The van der Waals surface area contributed by atoms with Crippen LogP contribution in [0.5, 0.6) is 0 Å². The van der Waals surface area contributed by atoms with Gasteiger partial charge in [-0.05, 0) is 23.8 Å². The highest BCUT2D eigenvalue weighted by atomic mass is 35.5. The number of nitriles is 1. The Hall–Kier alpha value is -1.92. The van der Waals surface area contributed by atoms with Crippen LogP contribution in [0.1, 0.15) is 22.3 Å². The van der Waals surface area contributed by atoms with Gasteiger partial charge in [0.25, 0.3) is 0 Å². The molecule has 0 aromatic heterocycles. The van der Waals surface area contributed by atoms with E-state index in [0.29, 0.717) is 5.56 Å². The van der Waals surface area contributed by atoms with Gasteiger partial charge in [0.05, 0.1) is 28.8 Å². The second kappa shape index (κ2) is 7.54. The zero-order chi connectivity index (χ0) is 18.8. The summed E-state index contributed by atoms with van der Waals surface area (Å²) < 4.78 is 39.2. The van der Waals surface area contributed by atoms with Crippen molar-refractivity contribution < 1.29 is 27.9 Å². The number of rotatable bonds is 4. The van der Waals surface area contributed by atoms with Crippen molar-refractivity contribution in [1.29, 1.82) is 5.26 Å². The normalized spacial score (nSPS) is 23.6. The lowest BCUT2D eigenvalue weighted by atomic mass is 9.86. The van der Waals surface area contributed by atoms with E-state index < -0.39 is 41.7 Å². The number of benzene rings is 1. The van der Waals surface area contributed by atoms with Gasteiger partial charge in [-0.1, -0.05) is 11.6 Å². The molecule has 0 saturated carbocycles. The molecule has 134 valence electrons. The topological polar surface area (TPSA) is 90.2 Å². The molecule has 2 N–H and O–H groups in total. The van der Waals surface area contributed by atoms with Gasteiger partial charge in [0.15, 0.2) is 0 Å². The van der Waals surface area contributed by atoms with Crippen molar-refractivity contribution in [2.75, 3.05) is 0 Å². The first-order valence-corrected chi connectivity index (χ1v) is 8.45. The zero-order valence-electron chi connectivity index (χ0n) is 12.5. The molecule has 2 rings (SSSR count). The summed E-state index contributed by atoms with van der Waals surface area (Å²) in [5, 5.41) is 19.7. The SMILES string of the molecule is N#CC1C(SCc2cc(C(=O)O)ccc2Cl)NC(=O)CC1C(F)(F)F. The fourth-order valence-corrected chi connectivity index (χ4v) is 4.00. The Morgan fingerprint density at radius 2 is 2.16 bits per heavy atom. The van der Waals surface area contributed by atoms with Crippen LogP contribution in [0.4, 0.5) is 13.2 Å². The van der Waals surface area contributed by atoms with Gasteiger partial charge in [0.1, 0.15) is 0 Å². The predicted molar refractivity (Wildman–Crippen MR) is 84.9 cm³/mol. The van der Waals surface area contributed by atoms with Crippen molar-refractivity contribution in [3.63, 3.8) is 0 Å². The molecule has 0 radical (unpaired) electrons. The number of hydrogen-bond acceptors (Lipinski definition) is 4. The molecule has 10 heteroatoms. The summed E-state index contributed by atoms with van der Waals surface area (Å²) in [6.07, 6.45) is -5.44. The summed E-state index contributed by atoms with van der Waals surface area (Å²) in [6, 6.07) is 5.62. The number of hydrogen-bond donors (Lipinski definition) is 2. The van der Waals surface area contributed by atoms with Gasteiger partial charge in [-0.25, -0.2) is 4.79 Å². The van der Waals surface area contributed by atoms with Gasteiger partial charge < -0.3 is 10.4 Å². The lowest BCUT2D eigenvalue weighted by Crippen LogP contribution is -2.51. The van der Waals surface area contributed by atoms with E-state index in [4.69, 9.17) is 22.0 Å². The van der Waals surface area contributed by atoms with Gasteiger partial charge in [0, 0.05) is 17.2 Å². The van der Waals surface area contributed by atoms with Crippen LogP contribution in [0.2, 0.25) is 5.02 Å². The first kappa shape index (κ1) is 19.4. The molecule has 0 aliphatic carbocycles. The molecular weight excluding hydrogens is 381 g/mol. The van der Waals surface area contributed by atoms with Crippen LogP contribution < -0.4 is 5.32 Å². The number of carbonyl (C=O) groups excluding carboxylic acids is 1. The summed E-state index contributed by atoms with van der Waals surface area (Å²) in [5.41, 5.74) is 0.379. The van der Waals surface area contributed by atoms with E-state index in [1.54, 1.807) is 6.07 Å². The highest BCUT2D eigenvalue weighted by Gasteiger charge is 2.51. The van der Waals surface area contributed by atoms with E-state index in [1.807, 2.05) is 0 Å². The van der Waals surface area contributed by atoms with E-state index >= 15 is 0 Å². The Morgan fingerprint density at radius 1 is 1.48 bits per heavy atom. The van der Waals surface area contributed by atoms with Crippen molar-refractivity contribution in [2.24, 2.45) is 11.8 Å². The van der Waals surface area contributed by atoms with Gasteiger partial charge in [-0.3, -0.25) is 4.79 Å². The van der Waals surface area contributed by atoms with E-state index in [1.165, 1.54) is 18.2 Å². The lowest BCUT2D eigenvalue weighted by molar-refractivity contribution is -0.192. The van der Waals surface area contributed by atoms with Crippen LogP contribution in [-0.4, -0.2) is 28.5 Å². The monoisotopic (exact) mass is 392 g/mol. The summed E-state index contributed by atoms with van der Waals surface area (Å²) >= 11 is 6.89. The van der Waals surface area contributed by atoms with Gasteiger partial charge >= 0.3 is 12.1 Å². The third-order valence-corrected chi connectivity index (χ3v) is 5.37. The molecule has 1 amide bonds. The molecule has 1 aromatic rings. The maximum atomic E-state index is 13.1. The number of halogens is 4. The average molecular weight is 393 g/mol. The largest absolute Gasteiger partial charge is 0.478 e. The molecular formula is C15H12ClF3N2O3S. The van der Waals surface area contributed by atoms with Crippen LogP contribution in [0.3, 0.4) is 0 Å². The number of aromatic carboxylic acids is 1. The van der Waals surface area contributed by atoms with E-state index in [-0.39, 0.29) is 16.3 Å². The van der Waals surface area contributed by atoms with Crippen LogP contribution in [0.15, 0.2) is 18.2 Å². The molecule has 5 nitrogen and oxygen atoms in total. The van der Waals surface area contributed by atoms with Gasteiger partial charge in [0.2, 0.25) is 5.91 Å². The Labute approximate surface area is 150 Å². The molecule has 1 aliphatic rings. The molecule has 1 heterocycles. The number of thioether (sulfide) groups is 1. The third kappa shape index (κ3) is 4.58. The number of carboxylic acid groups (broad SMARTS) is 1. The van der Waals surface area contributed by atoms with Crippen molar-refractivity contribution >= 4 is 35.2 Å². The number of piperidine rings is 1. The fourth-order valence-electron chi connectivity index (χ4n) is 2.47. The average Bonchev–Trinajstić information content (AvgIpc) is 2.52. The molecule has 3 unspecified atom stereocenters. The molecule has 1 fully saturated rings. The van der Waals surface area contributed by atoms with Crippen LogP contribution in [0.25, 0.3) is 0 Å². The maximum absolute atomic E-state index is 13.1. The molecule has 1 aromatic carbocycles. The van der Waals surface area contributed by atoms with Crippen LogP contribution >= 0.6 is 23.4 Å². The van der Waals surface area contributed by atoms with E-state index in [0.717, 1.165) is 11.8 Å². The van der Waals surface area contributed by atoms with Crippen molar-refractivity contribution in [1.82, 2.24) is 5.32 Å². The van der Waals surface area contributed by atoms with Crippen LogP contribution in [0, 0.1) is 23.2 Å². The quantitative estimate of drug-likeness (QED) is 0.819. The molecule has 25 heavy (non-hydrogen) atoms. The summed E-state index contributed by atoms with van der Waals surface area (Å²) in [7, 11) is 0. The summed E-state index contributed by atoms with van der Waals surface area (Å²) in [6.45, 7) is 0. The lowest BCUT2D eigenvalue weighted by Gasteiger charge is -2.35. The fraction of sp³-hybridized carbons (Fsp3) is 0.400. The zero-order valence-corrected chi connectivity index (χ0v) is 14.1. The van der Waals surface area contributed by atoms with Crippen molar-refractivity contribution in [3.8, 4) is 6.07 Å². The highest BCUT2D eigenvalue weighted by molar-refractivity contribution is 7.99. The van der Waals surface area contributed by atoms with Crippen LogP contribution in [-0.2, 0) is 10.5 Å². The maximum Gasteiger partial charge on any atom is 0.393 e. The number of nitrogens with zero attached hydrogens (tertiary/aromatic N) is 1. The van der Waals surface area contributed by atoms with E-state index in [9.17, 15) is 22.8 Å². The van der Waals surface area contributed by atoms with Gasteiger partial charge in [-0.15, -0.1) is 11.8 Å². The Kier molecular flexibility index (Phi) is 5.85. The number of alkyl halides is 3. The minimum Gasteiger partial charge on any atom is -0.478 e. The van der Waals surface area contributed by atoms with Gasteiger partial charge in [-0.2, -0.15) is 18.4 Å². The summed E-state index contributed by atoms with van der Waals surface area (Å²) in [4.78, 5) is 22.6. The Morgan fingerprint density at radius 3 is 2.72 bits per heavy atom. The third-order valence-electron chi connectivity index (χ3n) is 3.75. The first-order valence-electron chi connectivity index (χ1n) is 7.02. The molecule has 1 aliphatic heterocycles. The first-order chi connectivity index (χ1) is 11.6. The molecule has 0 spiro atoms. The molecule has 1 saturated heterocycles. The number of nitrogens with one attached hydrogen (secondary N) is 1. The number of carbonyl (C=O) groups is 2. The number of amides is 1. The smallest absolute Gasteiger partial charge is 0.393 e. The standard InChI is InChI=1S/C15H12ClF3N2O3S/c16-11-2-1-7(14(23)24)3-8(11)6-25-13-9(5-20)10(15(17,18)19)4-12(22)21-13/h1-3,9-10,13H,4,6H2,(H,21,22)(H,23,24). The Bertz CT molecular complexity index is 736. The predicted octanol–water partition coefficient (Wildman–Crippen LogP) is 3.44. The second-order valence-electron chi connectivity index (χ2n) is 5.42. The number of carboxylic acids is 1. The van der Waals surface area contributed by atoms with Crippen molar-refractivity contribution in [3.05, 3.63) is 34.3 Å². The molecule has 3 atom stereocenters. The minimum absolute atomic E-state index is 0.0160.